The van der Waals surface area contributed by atoms with Crippen molar-refractivity contribution in [3.05, 3.63) is 34.5 Å². The second kappa shape index (κ2) is 8.98. The molecule has 178 valence electrons. The van der Waals surface area contributed by atoms with E-state index in [0.717, 1.165) is 63.6 Å². The van der Waals surface area contributed by atoms with Crippen LogP contribution in [0.2, 0.25) is 0 Å². The second-order valence-corrected chi connectivity index (χ2v) is 10.9. The molecule has 4 N–H and O–H groups in total. The van der Waals surface area contributed by atoms with Crippen molar-refractivity contribution in [2.24, 2.45) is 0 Å². The van der Waals surface area contributed by atoms with Gasteiger partial charge in [-0.2, -0.15) is 5.10 Å². The molecule has 0 radical (unpaired) electrons. The number of carbonyl (C=O) groups excluding carboxylic acids is 1. The van der Waals surface area contributed by atoms with E-state index in [-0.39, 0.29) is 10.9 Å². The average molecular weight is 473 g/mol. The van der Waals surface area contributed by atoms with E-state index >= 15 is 0 Å². The fourth-order valence-corrected chi connectivity index (χ4v) is 6.20. The van der Waals surface area contributed by atoms with Crippen molar-refractivity contribution in [3.63, 3.8) is 0 Å². The first-order valence-electron chi connectivity index (χ1n) is 11.9. The lowest BCUT2D eigenvalue weighted by Gasteiger charge is -2.25. The Bertz CT molecular complexity index is 1140. The van der Waals surface area contributed by atoms with Crippen LogP contribution >= 0.6 is 0 Å². The van der Waals surface area contributed by atoms with Crippen LogP contribution in [0.5, 0.6) is 5.88 Å². The number of hydrogen-bond donors (Lipinski definition) is 4. The van der Waals surface area contributed by atoms with E-state index in [9.17, 15) is 9.00 Å². The maximum absolute atomic E-state index is 13.2. The minimum atomic E-state index is -3.64. The number of hydrogen-bond acceptors (Lipinski definition) is 6. The molecule has 2 aliphatic carbocycles. The lowest BCUT2D eigenvalue weighted by atomic mass is 9.99. The fraction of sp³-hybridized carbons (Fsp3) is 0.565. The number of unbranched alkanes of at least 4 members (excludes halogenated alkanes) is 1. The molecule has 0 fully saturated rings. The zero-order valence-electron chi connectivity index (χ0n) is 19.0. The van der Waals surface area contributed by atoms with Crippen molar-refractivity contribution in [2.75, 3.05) is 18.5 Å². The Labute approximate surface area is 194 Å². The van der Waals surface area contributed by atoms with Crippen LogP contribution in [0.1, 0.15) is 54.9 Å². The number of carbonyl (C=O) groups is 1. The Balaban J connectivity index is 1.30. The third kappa shape index (κ3) is 4.33. The minimum Gasteiger partial charge on any atom is -0.475 e. The third-order valence-corrected chi connectivity index (χ3v) is 8.17. The maximum atomic E-state index is 13.2. The number of aromatic nitrogens is 2. The van der Waals surface area contributed by atoms with Crippen molar-refractivity contribution in [1.82, 2.24) is 19.8 Å². The standard InChI is InChI=1S/C23H32N6O3S/c1-2-3-10-25-17-13-29-22(32-14-17)20(12-26-29)33(24,31)28-23(30)27-21-18-8-4-6-15(18)11-16-7-5-9-19(16)21/h11-12,17,25H,2-10,13-14H2,1H3,(H3,24,27,28,30,31). The molecule has 0 saturated heterocycles. The molecule has 3 aliphatic rings. The van der Waals surface area contributed by atoms with Crippen molar-refractivity contribution < 1.29 is 13.7 Å². The molecule has 2 aromatic rings. The number of nitrogens with one attached hydrogen (secondary N) is 4. The van der Waals surface area contributed by atoms with Gasteiger partial charge in [0.25, 0.3) is 0 Å². The zero-order valence-corrected chi connectivity index (χ0v) is 19.9. The van der Waals surface area contributed by atoms with Crippen molar-refractivity contribution in [1.29, 1.82) is 4.78 Å². The average Bonchev–Trinajstić information content (AvgIpc) is 3.52. The molecule has 9 nitrogen and oxygen atoms in total. The van der Waals surface area contributed by atoms with E-state index in [4.69, 9.17) is 9.52 Å². The van der Waals surface area contributed by atoms with Crippen LogP contribution < -0.4 is 20.1 Å². The van der Waals surface area contributed by atoms with Gasteiger partial charge in [-0.3, -0.25) is 0 Å². The highest BCUT2D eigenvalue weighted by Crippen LogP contribution is 2.38. The lowest BCUT2D eigenvalue weighted by Crippen LogP contribution is -2.42. The van der Waals surface area contributed by atoms with E-state index in [1.165, 1.54) is 28.5 Å². The van der Waals surface area contributed by atoms with Gasteiger partial charge in [-0.25, -0.2) is 23.2 Å². The summed E-state index contributed by atoms with van der Waals surface area (Å²) in [5.74, 6) is 0.297. The van der Waals surface area contributed by atoms with E-state index < -0.39 is 15.9 Å². The fourth-order valence-electron chi connectivity index (χ4n) is 5.17. The molecule has 2 atom stereocenters. The predicted octanol–water partition coefficient (Wildman–Crippen LogP) is 3.15. The number of aryl methyl sites for hydroxylation is 2. The van der Waals surface area contributed by atoms with Gasteiger partial charge in [-0.05, 0) is 73.7 Å². The first kappa shape index (κ1) is 22.2. The number of rotatable bonds is 7. The van der Waals surface area contributed by atoms with E-state index in [1.54, 1.807) is 4.68 Å². The Morgan fingerprint density at radius 3 is 2.67 bits per heavy atom. The van der Waals surface area contributed by atoms with Gasteiger partial charge >= 0.3 is 6.03 Å². The first-order valence-corrected chi connectivity index (χ1v) is 13.5. The van der Waals surface area contributed by atoms with Crippen LogP contribution in [0, 0.1) is 4.78 Å². The van der Waals surface area contributed by atoms with Gasteiger partial charge in [-0.15, -0.1) is 0 Å². The Hall–Kier alpha value is -2.59. The van der Waals surface area contributed by atoms with Crippen LogP contribution in [0.25, 0.3) is 0 Å². The number of anilines is 1. The summed E-state index contributed by atoms with van der Waals surface area (Å²) >= 11 is 0. The molecule has 0 spiro atoms. The highest BCUT2D eigenvalue weighted by atomic mass is 32.2. The van der Waals surface area contributed by atoms with Gasteiger partial charge in [0.1, 0.15) is 11.5 Å². The van der Waals surface area contributed by atoms with Gasteiger partial charge in [0.2, 0.25) is 5.88 Å². The summed E-state index contributed by atoms with van der Waals surface area (Å²) in [5.41, 5.74) is 5.85. The predicted molar refractivity (Wildman–Crippen MR) is 126 cm³/mol. The molecule has 2 heterocycles. The summed E-state index contributed by atoms with van der Waals surface area (Å²) in [6.07, 6.45) is 9.67. The molecule has 0 bridgehead atoms. The van der Waals surface area contributed by atoms with Crippen molar-refractivity contribution in [2.45, 2.75) is 75.8 Å². The third-order valence-electron chi connectivity index (χ3n) is 6.80. The number of nitrogens with zero attached hydrogens (tertiary/aromatic N) is 2. The molecular weight excluding hydrogens is 440 g/mol. The molecule has 33 heavy (non-hydrogen) atoms. The topological polar surface area (TPSA) is 121 Å². The van der Waals surface area contributed by atoms with E-state index in [1.807, 2.05) is 0 Å². The summed E-state index contributed by atoms with van der Waals surface area (Å²) in [7, 11) is -3.64. The van der Waals surface area contributed by atoms with Gasteiger partial charge < -0.3 is 15.4 Å². The summed E-state index contributed by atoms with van der Waals surface area (Å²) in [5, 5.41) is 10.6. The molecule has 10 heteroatoms. The molecule has 0 saturated carbocycles. The van der Waals surface area contributed by atoms with Crippen molar-refractivity contribution in [3.8, 4) is 5.88 Å². The lowest BCUT2D eigenvalue weighted by molar-refractivity contribution is 0.179. The van der Waals surface area contributed by atoms with Crippen molar-refractivity contribution >= 4 is 21.6 Å². The van der Waals surface area contributed by atoms with Crippen LogP contribution in [-0.2, 0) is 42.1 Å². The second-order valence-electron chi connectivity index (χ2n) is 9.16. The quantitative estimate of drug-likeness (QED) is 0.461. The van der Waals surface area contributed by atoms with E-state index in [2.05, 4.69) is 33.4 Å². The molecular formula is C23H32N6O3S. The Morgan fingerprint density at radius 2 is 1.97 bits per heavy atom. The number of fused-ring (bicyclic) bond motifs is 3. The maximum Gasteiger partial charge on any atom is 0.331 e. The summed E-state index contributed by atoms with van der Waals surface area (Å²) in [4.78, 5) is 13.0. The highest BCUT2D eigenvalue weighted by molar-refractivity contribution is 7.91. The zero-order chi connectivity index (χ0) is 23.0. The molecule has 1 aromatic heterocycles. The van der Waals surface area contributed by atoms with Crippen LogP contribution in [0.3, 0.4) is 0 Å². The Kier molecular flexibility index (Phi) is 6.05. The van der Waals surface area contributed by atoms with Crippen LogP contribution in [0.15, 0.2) is 17.2 Å². The number of benzene rings is 1. The summed E-state index contributed by atoms with van der Waals surface area (Å²) in [6, 6.07) is 1.78. The molecule has 5 rings (SSSR count). The SMILES string of the molecule is CCCCNC1COc2c(S(=N)(=O)NC(=O)Nc3c4c(cc5c3CCC5)CCC4)cnn2C1. The molecule has 2 amide bonds. The summed E-state index contributed by atoms with van der Waals surface area (Å²) < 4.78 is 31.5. The minimum absolute atomic E-state index is 0.105. The molecule has 1 aliphatic heterocycles. The van der Waals surface area contributed by atoms with Gasteiger partial charge in [0, 0.05) is 5.69 Å². The van der Waals surface area contributed by atoms with Crippen LogP contribution in [-0.4, -0.2) is 39.2 Å². The largest absolute Gasteiger partial charge is 0.475 e. The molecule has 1 aromatic carbocycles. The molecule has 2 unspecified atom stereocenters. The van der Waals surface area contributed by atoms with Gasteiger partial charge in [-0.1, -0.05) is 19.4 Å². The Morgan fingerprint density at radius 1 is 1.24 bits per heavy atom. The van der Waals surface area contributed by atoms with E-state index in [0.29, 0.717) is 19.0 Å². The van der Waals surface area contributed by atoms with Crippen LogP contribution in [0.4, 0.5) is 10.5 Å². The number of amides is 2. The highest BCUT2D eigenvalue weighted by Gasteiger charge is 2.30. The first-order chi connectivity index (χ1) is 16.0. The summed E-state index contributed by atoms with van der Waals surface area (Å²) in [6.45, 7) is 4.02. The van der Waals surface area contributed by atoms with Gasteiger partial charge in [0.05, 0.1) is 18.8 Å². The number of urea groups is 1. The monoisotopic (exact) mass is 472 g/mol. The van der Waals surface area contributed by atoms with Gasteiger partial charge in [0.15, 0.2) is 9.92 Å². The number of ether oxygens (including phenoxy) is 1. The smallest absolute Gasteiger partial charge is 0.331 e. The normalized spacial score (nSPS) is 20.3.